The van der Waals surface area contributed by atoms with E-state index in [4.69, 9.17) is 14.2 Å². The number of aromatic nitrogens is 2. The second-order valence-electron chi connectivity index (χ2n) is 5.69. The predicted molar refractivity (Wildman–Crippen MR) is 109 cm³/mol. The molecule has 0 saturated carbocycles. The fourth-order valence-corrected chi connectivity index (χ4v) is 3.48. The third-order valence-electron chi connectivity index (χ3n) is 3.78. The van der Waals surface area contributed by atoms with Crippen LogP contribution in [0.15, 0.2) is 42.6 Å². The monoisotopic (exact) mass is 398 g/mol. The average molecular weight is 398 g/mol. The van der Waals surface area contributed by atoms with Crippen molar-refractivity contribution in [3.63, 3.8) is 0 Å². The van der Waals surface area contributed by atoms with Crippen LogP contribution in [0.3, 0.4) is 0 Å². The highest BCUT2D eigenvalue weighted by molar-refractivity contribution is 7.18. The molecule has 0 bridgehead atoms. The molecule has 7 heteroatoms. The summed E-state index contributed by atoms with van der Waals surface area (Å²) in [6.07, 6.45) is 1.76. The van der Waals surface area contributed by atoms with Gasteiger partial charge in [-0.3, -0.25) is 0 Å². The fourth-order valence-electron chi connectivity index (χ4n) is 2.60. The van der Waals surface area contributed by atoms with E-state index in [2.05, 4.69) is 9.97 Å². The lowest BCUT2D eigenvalue weighted by atomic mass is 10.2. The first-order valence-corrected chi connectivity index (χ1v) is 9.98. The predicted octanol–water partition coefficient (Wildman–Crippen LogP) is 4.85. The van der Waals surface area contributed by atoms with E-state index in [1.165, 1.54) is 11.3 Å². The second kappa shape index (κ2) is 9.32. The number of hydrogen-bond donors (Lipinski definition) is 0. The Morgan fingerprint density at radius 1 is 1.00 bits per heavy atom. The number of pyridine rings is 1. The summed E-state index contributed by atoms with van der Waals surface area (Å²) in [6, 6.07) is 11.1. The highest BCUT2D eigenvalue weighted by Gasteiger charge is 2.14. The molecule has 3 aromatic rings. The molecule has 0 amide bonds. The highest BCUT2D eigenvalue weighted by atomic mass is 32.1. The molecule has 0 fully saturated rings. The molecule has 0 atom stereocenters. The summed E-state index contributed by atoms with van der Waals surface area (Å²) < 4.78 is 16.3. The largest absolute Gasteiger partial charge is 0.490 e. The molecular formula is C21H22N2O4S. The van der Waals surface area contributed by atoms with Crippen LogP contribution in [0.2, 0.25) is 0 Å². The van der Waals surface area contributed by atoms with E-state index in [-0.39, 0.29) is 5.69 Å². The number of rotatable bonds is 8. The van der Waals surface area contributed by atoms with E-state index in [0.29, 0.717) is 37.0 Å². The van der Waals surface area contributed by atoms with E-state index in [0.717, 1.165) is 15.4 Å². The van der Waals surface area contributed by atoms with Crippen LogP contribution in [-0.2, 0) is 4.74 Å². The Kier molecular flexibility index (Phi) is 6.60. The summed E-state index contributed by atoms with van der Waals surface area (Å²) in [4.78, 5) is 21.7. The van der Waals surface area contributed by atoms with Gasteiger partial charge >= 0.3 is 5.97 Å². The van der Waals surface area contributed by atoms with Gasteiger partial charge in [-0.25, -0.2) is 14.8 Å². The molecular weight excluding hydrogens is 376 g/mol. The van der Waals surface area contributed by atoms with Crippen molar-refractivity contribution in [2.45, 2.75) is 20.8 Å². The normalized spacial score (nSPS) is 10.5. The molecule has 6 nitrogen and oxygen atoms in total. The summed E-state index contributed by atoms with van der Waals surface area (Å²) in [5.74, 6) is 0.983. The number of esters is 1. The third-order valence-corrected chi connectivity index (χ3v) is 4.85. The van der Waals surface area contributed by atoms with Crippen LogP contribution in [0, 0.1) is 0 Å². The van der Waals surface area contributed by atoms with E-state index in [9.17, 15) is 4.79 Å². The zero-order chi connectivity index (χ0) is 19.9. The van der Waals surface area contributed by atoms with E-state index in [1.54, 1.807) is 25.3 Å². The van der Waals surface area contributed by atoms with Crippen molar-refractivity contribution < 1.29 is 19.0 Å². The molecule has 0 aliphatic carbocycles. The van der Waals surface area contributed by atoms with Crippen molar-refractivity contribution in [1.29, 1.82) is 0 Å². The first kappa shape index (κ1) is 19.8. The standard InChI is InChI=1S/C21H22N2O4S/c1-4-25-17-11-10-14(12-18(17)26-5-2)20-22-13-19(28-20)15-8-7-9-16(23-15)21(24)27-6-3/h7-13H,4-6H2,1-3H3. The Morgan fingerprint density at radius 3 is 2.54 bits per heavy atom. The van der Waals surface area contributed by atoms with Crippen LogP contribution < -0.4 is 9.47 Å². The van der Waals surface area contributed by atoms with Gasteiger partial charge in [0.2, 0.25) is 0 Å². The SMILES string of the molecule is CCOC(=O)c1cccc(-c2cnc(-c3ccc(OCC)c(OCC)c3)s2)n1. The molecule has 0 spiro atoms. The molecule has 28 heavy (non-hydrogen) atoms. The molecule has 0 unspecified atom stereocenters. The van der Waals surface area contributed by atoms with Crippen molar-refractivity contribution in [1.82, 2.24) is 9.97 Å². The van der Waals surface area contributed by atoms with Crippen LogP contribution in [0.4, 0.5) is 0 Å². The van der Waals surface area contributed by atoms with Crippen molar-refractivity contribution in [2.24, 2.45) is 0 Å². The number of benzene rings is 1. The maximum Gasteiger partial charge on any atom is 0.356 e. The smallest absolute Gasteiger partial charge is 0.356 e. The van der Waals surface area contributed by atoms with Crippen LogP contribution in [0.5, 0.6) is 11.5 Å². The topological polar surface area (TPSA) is 70.5 Å². The van der Waals surface area contributed by atoms with Crippen molar-refractivity contribution in [3.8, 4) is 32.6 Å². The maximum absolute atomic E-state index is 11.9. The number of thiazole rings is 1. The number of carbonyl (C=O) groups excluding carboxylic acids is 1. The van der Waals surface area contributed by atoms with Gasteiger partial charge < -0.3 is 14.2 Å². The Labute approximate surface area is 168 Å². The fraction of sp³-hybridized carbons (Fsp3) is 0.286. The van der Waals surface area contributed by atoms with E-state index in [1.807, 2.05) is 38.1 Å². The van der Waals surface area contributed by atoms with E-state index >= 15 is 0 Å². The van der Waals surface area contributed by atoms with Gasteiger partial charge in [0.05, 0.1) is 30.4 Å². The minimum Gasteiger partial charge on any atom is -0.490 e. The quantitative estimate of drug-likeness (QED) is 0.505. The third kappa shape index (κ3) is 4.48. The lowest BCUT2D eigenvalue weighted by Crippen LogP contribution is -2.07. The highest BCUT2D eigenvalue weighted by Crippen LogP contribution is 2.36. The van der Waals surface area contributed by atoms with Crippen molar-refractivity contribution >= 4 is 17.3 Å². The Hall–Kier alpha value is -2.93. The zero-order valence-electron chi connectivity index (χ0n) is 16.1. The lowest BCUT2D eigenvalue weighted by molar-refractivity contribution is 0.0519. The van der Waals surface area contributed by atoms with Gasteiger partial charge in [0.1, 0.15) is 10.7 Å². The Morgan fingerprint density at radius 2 is 1.79 bits per heavy atom. The van der Waals surface area contributed by atoms with Crippen molar-refractivity contribution in [2.75, 3.05) is 19.8 Å². The van der Waals surface area contributed by atoms with Gasteiger partial charge in [-0.15, -0.1) is 11.3 Å². The number of carbonyl (C=O) groups is 1. The summed E-state index contributed by atoms with van der Waals surface area (Å²) in [5, 5.41) is 0.835. The van der Waals surface area contributed by atoms with Gasteiger partial charge in [-0.2, -0.15) is 0 Å². The molecule has 0 radical (unpaired) electrons. The molecule has 146 valence electrons. The number of hydrogen-bond acceptors (Lipinski definition) is 7. The molecule has 2 aromatic heterocycles. The summed E-state index contributed by atoms with van der Waals surface area (Å²) in [6.45, 7) is 7.08. The average Bonchev–Trinajstić information content (AvgIpc) is 3.20. The summed E-state index contributed by atoms with van der Waals surface area (Å²) in [5.41, 5.74) is 1.91. The number of ether oxygens (including phenoxy) is 3. The van der Waals surface area contributed by atoms with Gasteiger partial charge in [0.15, 0.2) is 11.5 Å². The minimum atomic E-state index is -0.429. The van der Waals surface area contributed by atoms with Crippen LogP contribution in [0.25, 0.3) is 21.1 Å². The first-order valence-electron chi connectivity index (χ1n) is 9.16. The zero-order valence-corrected chi connectivity index (χ0v) is 16.9. The Bertz CT molecular complexity index is 955. The van der Waals surface area contributed by atoms with Crippen molar-refractivity contribution in [3.05, 3.63) is 48.3 Å². The second-order valence-corrected chi connectivity index (χ2v) is 6.72. The maximum atomic E-state index is 11.9. The lowest BCUT2D eigenvalue weighted by Gasteiger charge is -2.11. The molecule has 0 saturated heterocycles. The molecule has 0 N–H and O–H groups in total. The van der Waals surface area contributed by atoms with E-state index < -0.39 is 5.97 Å². The van der Waals surface area contributed by atoms with Crippen LogP contribution >= 0.6 is 11.3 Å². The van der Waals surface area contributed by atoms with Gasteiger partial charge in [-0.05, 0) is 51.1 Å². The summed E-state index contributed by atoms with van der Waals surface area (Å²) >= 11 is 1.50. The number of nitrogens with zero attached hydrogens (tertiary/aromatic N) is 2. The first-order chi connectivity index (χ1) is 13.7. The van der Waals surface area contributed by atoms with Gasteiger partial charge in [0.25, 0.3) is 0 Å². The van der Waals surface area contributed by atoms with Crippen LogP contribution in [-0.4, -0.2) is 35.8 Å². The molecule has 0 aliphatic heterocycles. The van der Waals surface area contributed by atoms with Crippen LogP contribution in [0.1, 0.15) is 31.3 Å². The molecule has 3 rings (SSSR count). The van der Waals surface area contributed by atoms with Gasteiger partial charge in [-0.1, -0.05) is 6.07 Å². The minimum absolute atomic E-state index is 0.286. The Balaban J connectivity index is 1.89. The van der Waals surface area contributed by atoms with Gasteiger partial charge in [0, 0.05) is 11.8 Å². The summed E-state index contributed by atoms with van der Waals surface area (Å²) in [7, 11) is 0. The molecule has 2 heterocycles. The molecule has 1 aromatic carbocycles. The molecule has 0 aliphatic rings.